The standard InChI is InChI=1S/C14H20N2O/c1-10(2)15-12-7-5-4-6-11(12)13(17)16-14(3)8-9-14/h4-7,10,15H,8-9H2,1-3H3,(H,16,17). The molecule has 0 heterocycles. The third-order valence-corrected chi connectivity index (χ3v) is 3.03. The van der Waals surface area contributed by atoms with Crippen molar-refractivity contribution in [3.05, 3.63) is 29.8 Å². The molecule has 2 rings (SSSR count). The monoisotopic (exact) mass is 232 g/mol. The van der Waals surface area contributed by atoms with E-state index in [2.05, 4.69) is 31.4 Å². The Balaban J connectivity index is 2.15. The largest absolute Gasteiger partial charge is 0.382 e. The van der Waals surface area contributed by atoms with E-state index in [9.17, 15) is 4.79 Å². The van der Waals surface area contributed by atoms with Crippen LogP contribution in [0.3, 0.4) is 0 Å². The number of anilines is 1. The minimum absolute atomic E-state index is 0.0220. The molecule has 1 fully saturated rings. The smallest absolute Gasteiger partial charge is 0.253 e. The molecule has 0 spiro atoms. The molecule has 0 aliphatic heterocycles. The summed E-state index contributed by atoms with van der Waals surface area (Å²) in [6.07, 6.45) is 2.16. The van der Waals surface area contributed by atoms with Crippen molar-refractivity contribution >= 4 is 11.6 Å². The molecule has 1 aromatic carbocycles. The van der Waals surface area contributed by atoms with Crippen LogP contribution in [0, 0.1) is 0 Å². The molecule has 1 saturated carbocycles. The second-order valence-electron chi connectivity index (χ2n) is 5.36. The zero-order chi connectivity index (χ0) is 12.5. The van der Waals surface area contributed by atoms with Gasteiger partial charge in [-0.3, -0.25) is 4.79 Å². The van der Waals surface area contributed by atoms with Gasteiger partial charge in [-0.25, -0.2) is 0 Å². The highest BCUT2D eigenvalue weighted by atomic mass is 16.1. The average molecular weight is 232 g/mol. The average Bonchev–Trinajstić information content (AvgIpc) is 2.95. The van der Waals surface area contributed by atoms with Crippen molar-refractivity contribution in [2.24, 2.45) is 0 Å². The van der Waals surface area contributed by atoms with Gasteiger partial charge in [0.25, 0.3) is 5.91 Å². The van der Waals surface area contributed by atoms with Crippen molar-refractivity contribution in [3.8, 4) is 0 Å². The van der Waals surface area contributed by atoms with Crippen molar-refractivity contribution in [2.45, 2.75) is 45.2 Å². The molecule has 1 aliphatic rings. The molecule has 3 nitrogen and oxygen atoms in total. The SMILES string of the molecule is CC(C)Nc1ccccc1C(=O)NC1(C)CC1. The highest BCUT2D eigenvalue weighted by molar-refractivity contribution is 6.00. The zero-order valence-electron chi connectivity index (χ0n) is 10.7. The van der Waals surface area contributed by atoms with Crippen LogP contribution in [-0.2, 0) is 0 Å². The highest BCUT2D eigenvalue weighted by Crippen LogP contribution is 2.34. The summed E-state index contributed by atoms with van der Waals surface area (Å²) in [6.45, 7) is 6.22. The van der Waals surface area contributed by atoms with Gasteiger partial charge in [-0.1, -0.05) is 12.1 Å². The van der Waals surface area contributed by atoms with Crippen LogP contribution < -0.4 is 10.6 Å². The second kappa shape index (κ2) is 4.40. The van der Waals surface area contributed by atoms with Crippen LogP contribution in [-0.4, -0.2) is 17.5 Å². The Bertz CT molecular complexity index is 422. The lowest BCUT2D eigenvalue weighted by atomic mass is 10.1. The Hall–Kier alpha value is -1.51. The minimum atomic E-state index is 0.0220. The van der Waals surface area contributed by atoms with Crippen LogP contribution in [0.4, 0.5) is 5.69 Å². The number of hydrogen-bond donors (Lipinski definition) is 2. The molecule has 1 aromatic rings. The summed E-state index contributed by atoms with van der Waals surface area (Å²) in [5, 5.41) is 6.38. The molecule has 0 bridgehead atoms. The number of amides is 1. The van der Waals surface area contributed by atoms with Gasteiger partial charge >= 0.3 is 0 Å². The van der Waals surface area contributed by atoms with E-state index in [1.54, 1.807) is 0 Å². The number of hydrogen-bond acceptors (Lipinski definition) is 2. The summed E-state index contributed by atoms with van der Waals surface area (Å²) < 4.78 is 0. The Morgan fingerprint density at radius 2 is 1.94 bits per heavy atom. The first-order chi connectivity index (χ1) is 8.00. The highest BCUT2D eigenvalue weighted by Gasteiger charge is 2.39. The summed E-state index contributed by atoms with van der Waals surface area (Å²) in [6, 6.07) is 7.98. The lowest BCUT2D eigenvalue weighted by Crippen LogP contribution is -2.34. The van der Waals surface area contributed by atoms with Crippen molar-refractivity contribution < 1.29 is 4.79 Å². The molecule has 92 valence electrons. The zero-order valence-corrected chi connectivity index (χ0v) is 10.7. The summed E-state index contributed by atoms with van der Waals surface area (Å²) in [5.41, 5.74) is 1.67. The van der Waals surface area contributed by atoms with Gasteiger partial charge in [0, 0.05) is 17.3 Å². The van der Waals surface area contributed by atoms with Crippen LogP contribution >= 0.6 is 0 Å². The minimum Gasteiger partial charge on any atom is -0.382 e. The number of para-hydroxylation sites is 1. The Morgan fingerprint density at radius 1 is 1.29 bits per heavy atom. The lowest BCUT2D eigenvalue weighted by Gasteiger charge is -2.16. The molecule has 0 saturated heterocycles. The molecular formula is C14H20N2O. The van der Waals surface area contributed by atoms with Crippen molar-refractivity contribution in [1.29, 1.82) is 0 Å². The fourth-order valence-electron chi connectivity index (χ4n) is 1.77. The summed E-state index contributed by atoms with van der Waals surface area (Å²) in [4.78, 5) is 12.2. The molecule has 2 N–H and O–H groups in total. The lowest BCUT2D eigenvalue weighted by molar-refractivity contribution is 0.0936. The molecular weight excluding hydrogens is 212 g/mol. The third kappa shape index (κ3) is 2.99. The number of nitrogens with one attached hydrogen (secondary N) is 2. The molecule has 0 atom stereocenters. The summed E-state index contributed by atoms with van der Waals surface area (Å²) in [5.74, 6) is 0.0220. The molecule has 0 radical (unpaired) electrons. The van der Waals surface area contributed by atoms with Crippen LogP contribution in [0.5, 0.6) is 0 Å². The maximum Gasteiger partial charge on any atom is 0.253 e. The van der Waals surface area contributed by atoms with Crippen molar-refractivity contribution in [2.75, 3.05) is 5.32 Å². The van der Waals surface area contributed by atoms with Gasteiger partial charge in [-0.2, -0.15) is 0 Å². The maximum atomic E-state index is 12.2. The summed E-state index contributed by atoms with van der Waals surface area (Å²) in [7, 11) is 0. The van der Waals surface area contributed by atoms with Gasteiger partial charge in [0.2, 0.25) is 0 Å². The van der Waals surface area contributed by atoms with E-state index in [4.69, 9.17) is 0 Å². The van der Waals surface area contributed by atoms with Gasteiger partial charge in [0.15, 0.2) is 0 Å². The van der Waals surface area contributed by atoms with Crippen LogP contribution in [0.2, 0.25) is 0 Å². The fraction of sp³-hybridized carbons (Fsp3) is 0.500. The Kier molecular flexibility index (Phi) is 3.09. The number of rotatable bonds is 4. The first-order valence-corrected chi connectivity index (χ1v) is 6.18. The normalized spacial score (nSPS) is 16.7. The number of carbonyl (C=O) groups is 1. The van der Waals surface area contributed by atoms with E-state index < -0.39 is 0 Å². The predicted molar refractivity (Wildman–Crippen MR) is 70.3 cm³/mol. The fourth-order valence-corrected chi connectivity index (χ4v) is 1.77. The van der Waals surface area contributed by atoms with Crippen LogP contribution in [0.25, 0.3) is 0 Å². The summed E-state index contributed by atoms with van der Waals surface area (Å²) >= 11 is 0. The molecule has 0 unspecified atom stereocenters. The Morgan fingerprint density at radius 3 is 2.53 bits per heavy atom. The van der Waals surface area contributed by atoms with E-state index in [0.29, 0.717) is 6.04 Å². The quantitative estimate of drug-likeness (QED) is 0.838. The van der Waals surface area contributed by atoms with Crippen LogP contribution in [0.15, 0.2) is 24.3 Å². The first kappa shape index (κ1) is 12.0. The van der Waals surface area contributed by atoms with E-state index in [0.717, 1.165) is 24.1 Å². The second-order valence-corrected chi connectivity index (χ2v) is 5.36. The number of benzene rings is 1. The van der Waals surface area contributed by atoms with Gasteiger partial charge < -0.3 is 10.6 Å². The van der Waals surface area contributed by atoms with Gasteiger partial charge in [0.1, 0.15) is 0 Å². The third-order valence-electron chi connectivity index (χ3n) is 3.03. The molecule has 3 heteroatoms. The molecule has 1 aliphatic carbocycles. The van der Waals surface area contributed by atoms with E-state index in [1.807, 2.05) is 24.3 Å². The maximum absolute atomic E-state index is 12.2. The van der Waals surface area contributed by atoms with Crippen molar-refractivity contribution in [1.82, 2.24) is 5.32 Å². The molecule has 0 aromatic heterocycles. The van der Waals surface area contributed by atoms with E-state index in [-0.39, 0.29) is 11.4 Å². The molecule has 17 heavy (non-hydrogen) atoms. The van der Waals surface area contributed by atoms with Gasteiger partial charge in [0.05, 0.1) is 5.56 Å². The first-order valence-electron chi connectivity index (χ1n) is 6.18. The van der Waals surface area contributed by atoms with Gasteiger partial charge in [-0.15, -0.1) is 0 Å². The Labute approximate surface area is 103 Å². The van der Waals surface area contributed by atoms with Crippen molar-refractivity contribution in [3.63, 3.8) is 0 Å². The predicted octanol–water partition coefficient (Wildman–Crippen LogP) is 2.79. The molecule has 1 amide bonds. The van der Waals surface area contributed by atoms with Crippen LogP contribution in [0.1, 0.15) is 44.0 Å². The topological polar surface area (TPSA) is 41.1 Å². The number of carbonyl (C=O) groups excluding carboxylic acids is 1. The van der Waals surface area contributed by atoms with E-state index >= 15 is 0 Å². The van der Waals surface area contributed by atoms with E-state index in [1.165, 1.54) is 0 Å². The van der Waals surface area contributed by atoms with Gasteiger partial charge in [-0.05, 0) is 45.7 Å².